The van der Waals surface area contributed by atoms with E-state index in [9.17, 15) is 14.4 Å². The van der Waals surface area contributed by atoms with E-state index in [0.717, 1.165) is 10.1 Å². The molecule has 0 aliphatic heterocycles. The van der Waals surface area contributed by atoms with E-state index in [0.29, 0.717) is 11.3 Å². The molecule has 0 fully saturated rings. The van der Waals surface area contributed by atoms with Crippen LogP contribution >= 0.6 is 10.5 Å². The number of anilines is 1. The smallest absolute Gasteiger partial charge is 0.332 e. The number of nitrogens with one attached hydrogen (secondary N) is 1. The lowest BCUT2D eigenvalue weighted by Gasteiger charge is -2.15. The third kappa shape index (κ3) is 3.73. The number of hydrogen-bond donors (Lipinski definition) is 2. The van der Waals surface area contributed by atoms with Crippen LogP contribution in [0.2, 0.25) is 0 Å². The van der Waals surface area contributed by atoms with Crippen LogP contribution in [0.25, 0.3) is 11.0 Å². The van der Waals surface area contributed by atoms with Gasteiger partial charge in [0.25, 0.3) is 11.5 Å². The highest BCUT2D eigenvalue weighted by Gasteiger charge is 2.26. The Morgan fingerprint density at radius 1 is 1.16 bits per heavy atom. The highest BCUT2D eigenvalue weighted by molar-refractivity contribution is 7.27. The van der Waals surface area contributed by atoms with Crippen LogP contribution in [0.4, 0.5) is 5.82 Å². The van der Waals surface area contributed by atoms with Gasteiger partial charge in [-0.05, 0) is 34.2 Å². The number of thiophene rings is 1. The molecule has 9 nitrogen and oxygen atoms in total. The predicted octanol–water partition coefficient (Wildman–Crippen LogP) is 1.34. The Morgan fingerprint density at radius 2 is 1.90 bits per heavy atom. The quantitative estimate of drug-likeness (QED) is 0.454. The van der Waals surface area contributed by atoms with Crippen molar-refractivity contribution in [1.29, 1.82) is 0 Å². The summed E-state index contributed by atoms with van der Waals surface area (Å²) in [4.78, 5) is 46.9. The molecule has 0 radical (unpaired) electrons. The van der Waals surface area contributed by atoms with E-state index >= 15 is 0 Å². The summed E-state index contributed by atoms with van der Waals surface area (Å²) in [6.07, 6.45) is 3.31. The zero-order valence-electron chi connectivity index (χ0n) is 17.0. The van der Waals surface area contributed by atoms with Gasteiger partial charge in [-0.15, -0.1) is 0 Å². The topological polar surface area (TPSA) is 125 Å². The van der Waals surface area contributed by atoms with Crippen LogP contribution in [0.1, 0.15) is 21.5 Å². The first kappa shape index (κ1) is 20.5. The molecule has 0 bridgehead atoms. The van der Waals surface area contributed by atoms with Gasteiger partial charge in [0.1, 0.15) is 16.6 Å². The van der Waals surface area contributed by atoms with Crippen LogP contribution in [-0.4, -0.2) is 25.0 Å². The van der Waals surface area contributed by atoms with Crippen LogP contribution in [-0.2, 0) is 26.4 Å². The van der Waals surface area contributed by atoms with Gasteiger partial charge in [-0.25, -0.2) is 9.78 Å². The summed E-state index contributed by atoms with van der Waals surface area (Å²) in [6.45, 7) is 0.250. The summed E-state index contributed by atoms with van der Waals surface area (Å²) in [5, 5.41) is 7.08. The molecule has 0 aliphatic carbocycles. The maximum absolute atomic E-state index is 13.2. The van der Waals surface area contributed by atoms with Gasteiger partial charge in [0, 0.05) is 38.6 Å². The van der Waals surface area contributed by atoms with E-state index in [1.165, 1.54) is 18.7 Å². The van der Waals surface area contributed by atoms with Crippen molar-refractivity contribution in [2.24, 2.45) is 14.1 Å². The van der Waals surface area contributed by atoms with Crippen molar-refractivity contribution >= 4 is 33.2 Å². The number of carbonyl (C=O) groups excluding carboxylic acids is 1. The Morgan fingerprint density at radius 3 is 2.58 bits per heavy atom. The minimum Gasteiger partial charge on any atom is -0.383 e. The fraction of sp³-hybridized carbons (Fsp3) is 0.190. The first-order valence-electron chi connectivity index (χ1n) is 9.47. The second kappa shape index (κ2) is 8.15. The van der Waals surface area contributed by atoms with E-state index in [1.807, 2.05) is 29.0 Å². The number of nitrogens with two attached hydrogens (primary N) is 1. The van der Waals surface area contributed by atoms with Crippen LogP contribution in [0, 0.1) is 0 Å². The summed E-state index contributed by atoms with van der Waals surface area (Å²) in [5.41, 5.74) is 6.83. The summed E-state index contributed by atoms with van der Waals surface area (Å²) < 4.78 is 2.29. The maximum Gasteiger partial charge on any atom is 0.332 e. The Kier molecular flexibility index (Phi) is 5.38. The molecule has 158 valence electrons. The van der Waals surface area contributed by atoms with Crippen molar-refractivity contribution < 1.29 is 4.79 Å². The van der Waals surface area contributed by atoms with Crippen molar-refractivity contribution in [3.8, 4) is 0 Å². The van der Waals surface area contributed by atoms with E-state index in [2.05, 4.69) is 15.3 Å². The number of pyridine rings is 2. The fourth-order valence-electron chi connectivity index (χ4n) is 3.45. The van der Waals surface area contributed by atoms with E-state index in [4.69, 9.17) is 5.73 Å². The Hall–Kier alpha value is -3.79. The second-order valence-corrected chi connectivity index (χ2v) is 8.84. The molecule has 4 aromatic heterocycles. The van der Waals surface area contributed by atoms with E-state index in [-0.39, 0.29) is 39.4 Å². The molecule has 4 heterocycles. The molecule has 0 aliphatic rings. The standard InChI is InChI=1S/C21H20N6O3S/c1-26-18-16(20(29)27(2)21(26)30)14(12-31-8-3-4-9-31)15(17(22)25-18)19(28)24-11-13-6-5-7-23-10-13/h3-10H,11-12H2,1-2H3,(H2-,22,24,25,28,29)/p+1. The van der Waals surface area contributed by atoms with Crippen molar-refractivity contribution in [3.05, 3.63) is 84.9 Å². The zero-order chi connectivity index (χ0) is 22.1. The van der Waals surface area contributed by atoms with Gasteiger partial charge >= 0.3 is 5.69 Å². The Labute approximate surface area is 179 Å². The number of aryl methyl sites for hydroxylation is 1. The van der Waals surface area contributed by atoms with E-state index in [1.54, 1.807) is 18.5 Å². The lowest BCUT2D eigenvalue weighted by atomic mass is 10.1. The van der Waals surface area contributed by atoms with Crippen molar-refractivity contribution in [2.75, 3.05) is 5.73 Å². The molecular formula is C21H21N6O3S+. The minimum absolute atomic E-state index is 0.0230. The molecule has 4 rings (SSSR count). The Bertz CT molecular complexity index is 1390. The number of aromatic nitrogens is 4. The molecule has 0 saturated heterocycles. The van der Waals surface area contributed by atoms with Gasteiger partial charge in [-0.3, -0.25) is 23.7 Å². The normalized spacial score (nSPS) is 11.0. The van der Waals surface area contributed by atoms with Crippen molar-refractivity contribution in [1.82, 2.24) is 24.4 Å². The van der Waals surface area contributed by atoms with Gasteiger partial charge in [-0.1, -0.05) is 6.07 Å². The number of amides is 1. The SMILES string of the molecule is Cn1c(=O)c2c(C[s+]3cccc3)c(C(=O)NCc3cccnc3)c(N)nc2n(C)c1=O. The molecular weight excluding hydrogens is 416 g/mol. The van der Waals surface area contributed by atoms with Gasteiger partial charge in [0.05, 0.1) is 10.9 Å². The first-order chi connectivity index (χ1) is 14.9. The summed E-state index contributed by atoms with van der Waals surface area (Å²) in [5.74, 6) is -0.0538. The van der Waals surface area contributed by atoms with Gasteiger partial charge in [0.2, 0.25) is 0 Å². The van der Waals surface area contributed by atoms with Crippen LogP contribution in [0.5, 0.6) is 0 Å². The molecule has 0 atom stereocenters. The van der Waals surface area contributed by atoms with Crippen LogP contribution in [0.15, 0.2) is 57.0 Å². The van der Waals surface area contributed by atoms with Crippen LogP contribution < -0.4 is 22.3 Å². The number of nitrogen functional groups attached to an aromatic ring is 1. The largest absolute Gasteiger partial charge is 0.383 e. The number of fused-ring (bicyclic) bond motifs is 1. The van der Waals surface area contributed by atoms with E-state index < -0.39 is 17.2 Å². The number of nitrogens with zero attached hydrogens (tertiary/aromatic N) is 4. The molecule has 31 heavy (non-hydrogen) atoms. The third-order valence-corrected chi connectivity index (χ3v) is 6.69. The molecule has 3 N–H and O–H groups in total. The summed E-state index contributed by atoms with van der Waals surface area (Å²) in [6, 6.07) is 7.47. The van der Waals surface area contributed by atoms with Gasteiger partial charge in [-0.2, -0.15) is 0 Å². The summed E-state index contributed by atoms with van der Waals surface area (Å²) in [7, 11) is 2.63. The van der Waals surface area contributed by atoms with Gasteiger partial charge in [0.15, 0.2) is 11.4 Å². The Balaban J connectivity index is 1.91. The lowest BCUT2D eigenvalue weighted by Crippen LogP contribution is -2.38. The highest BCUT2D eigenvalue weighted by atomic mass is 32.2. The lowest BCUT2D eigenvalue weighted by molar-refractivity contribution is 0.0951. The first-order valence-corrected chi connectivity index (χ1v) is 11.0. The average Bonchev–Trinajstić information content (AvgIpc) is 3.28. The minimum atomic E-state index is -0.507. The number of hydrogen-bond acceptors (Lipinski definition) is 6. The number of carbonyl (C=O) groups is 1. The van der Waals surface area contributed by atoms with Gasteiger partial charge < -0.3 is 11.1 Å². The van der Waals surface area contributed by atoms with Crippen LogP contribution in [0.3, 0.4) is 0 Å². The fourth-order valence-corrected chi connectivity index (χ4v) is 4.94. The summed E-state index contributed by atoms with van der Waals surface area (Å²) >= 11 is 0. The molecule has 0 unspecified atom stereocenters. The highest BCUT2D eigenvalue weighted by Crippen LogP contribution is 2.30. The second-order valence-electron chi connectivity index (χ2n) is 7.07. The molecule has 10 heteroatoms. The molecule has 0 saturated carbocycles. The average molecular weight is 438 g/mol. The van der Waals surface area contributed by atoms with Crippen molar-refractivity contribution in [3.63, 3.8) is 0 Å². The molecule has 0 aromatic carbocycles. The monoisotopic (exact) mass is 437 g/mol. The molecule has 0 spiro atoms. The zero-order valence-corrected chi connectivity index (χ0v) is 17.8. The number of rotatable bonds is 5. The molecule has 1 amide bonds. The third-order valence-electron chi connectivity index (χ3n) is 5.05. The molecule has 4 aromatic rings. The maximum atomic E-state index is 13.2. The predicted molar refractivity (Wildman–Crippen MR) is 120 cm³/mol. The van der Waals surface area contributed by atoms with Crippen molar-refractivity contribution in [2.45, 2.75) is 12.3 Å².